The minimum absolute atomic E-state index is 0.0294. The van der Waals surface area contributed by atoms with Gasteiger partial charge in [0, 0.05) is 24.2 Å². The van der Waals surface area contributed by atoms with Crippen molar-refractivity contribution in [2.75, 3.05) is 7.05 Å². The Morgan fingerprint density at radius 1 is 1.17 bits per heavy atom. The molecule has 1 heterocycles. The second kappa shape index (κ2) is 8.23. The number of benzene rings is 2. The summed E-state index contributed by atoms with van der Waals surface area (Å²) in [5, 5.41) is 19.1. The fraction of sp³-hybridized carbons (Fsp3) is 0.286. The highest BCUT2D eigenvalue weighted by atomic mass is 35.5. The molecule has 30 heavy (non-hydrogen) atoms. The highest BCUT2D eigenvalue weighted by Gasteiger charge is 2.21. The van der Waals surface area contributed by atoms with Crippen molar-refractivity contribution in [2.24, 2.45) is 0 Å². The Hall–Kier alpha value is -3.26. The molecular weight excluding hydrogens is 408 g/mol. The number of nitrogens with zero attached hydrogens (tertiary/aromatic N) is 4. The predicted octanol–water partition coefficient (Wildman–Crippen LogP) is 4.87. The third-order valence-electron chi connectivity index (χ3n) is 4.57. The summed E-state index contributed by atoms with van der Waals surface area (Å²) >= 11 is 5.80. The van der Waals surface area contributed by atoms with Gasteiger partial charge in [-0.2, -0.15) is 0 Å². The van der Waals surface area contributed by atoms with E-state index in [1.807, 2.05) is 24.3 Å². The highest BCUT2D eigenvalue weighted by Crippen LogP contribution is 2.27. The standard InChI is InChI=1S/C21H21ClN4O4/c1-21(2,3)15-8-5-13(6-9-15)19-24-23-18(30-19)12-25(4)20(27)14-7-10-16(22)17(11-14)26(28)29/h5-11H,12H2,1-4H3. The van der Waals surface area contributed by atoms with Crippen molar-refractivity contribution in [3.05, 3.63) is 74.6 Å². The minimum Gasteiger partial charge on any atom is -0.419 e. The molecule has 0 unspecified atom stereocenters. The van der Waals surface area contributed by atoms with E-state index in [2.05, 4.69) is 31.0 Å². The molecule has 0 saturated heterocycles. The molecule has 3 rings (SSSR count). The van der Waals surface area contributed by atoms with Crippen molar-refractivity contribution in [3.63, 3.8) is 0 Å². The van der Waals surface area contributed by atoms with Gasteiger partial charge in [-0.05, 0) is 35.2 Å². The Kier molecular flexibility index (Phi) is 5.89. The van der Waals surface area contributed by atoms with Gasteiger partial charge in [-0.25, -0.2) is 0 Å². The number of rotatable bonds is 5. The Morgan fingerprint density at radius 2 is 1.83 bits per heavy atom. The summed E-state index contributed by atoms with van der Waals surface area (Å²) < 4.78 is 5.69. The second-order valence-electron chi connectivity index (χ2n) is 7.91. The molecule has 0 aliphatic rings. The van der Waals surface area contributed by atoms with Crippen molar-refractivity contribution >= 4 is 23.2 Å². The van der Waals surface area contributed by atoms with Crippen LogP contribution in [0.15, 0.2) is 46.9 Å². The van der Waals surface area contributed by atoms with Crippen LogP contribution < -0.4 is 0 Å². The van der Waals surface area contributed by atoms with E-state index in [0.717, 1.165) is 11.6 Å². The maximum absolute atomic E-state index is 12.6. The van der Waals surface area contributed by atoms with E-state index in [1.54, 1.807) is 7.05 Å². The van der Waals surface area contributed by atoms with Crippen molar-refractivity contribution in [1.29, 1.82) is 0 Å². The molecular formula is C21H21ClN4O4. The Labute approximate surface area is 178 Å². The third kappa shape index (κ3) is 4.65. The molecule has 0 radical (unpaired) electrons. The first-order valence-electron chi connectivity index (χ1n) is 9.19. The van der Waals surface area contributed by atoms with Crippen LogP contribution in [0.5, 0.6) is 0 Å². The Balaban J connectivity index is 1.73. The summed E-state index contributed by atoms with van der Waals surface area (Å²) in [4.78, 5) is 24.4. The van der Waals surface area contributed by atoms with Gasteiger partial charge in [0.2, 0.25) is 11.8 Å². The summed E-state index contributed by atoms with van der Waals surface area (Å²) in [5.74, 6) is 0.182. The molecule has 9 heteroatoms. The quantitative estimate of drug-likeness (QED) is 0.424. The number of carbonyl (C=O) groups is 1. The van der Waals surface area contributed by atoms with Gasteiger partial charge in [0.15, 0.2) is 0 Å². The van der Waals surface area contributed by atoms with Crippen LogP contribution in [0.3, 0.4) is 0 Å². The van der Waals surface area contributed by atoms with E-state index in [9.17, 15) is 14.9 Å². The maximum Gasteiger partial charge on any atom is 0.288 e. The first kappa shape index (κ1) is 21.4. The first-order valence-corrected chi connectivity index (χ1v) is 9.57. The smallest absolute Gasteiger partial charge is 0.288 e. The second-order valence-corrected chi connectivity index (χ2v) is 8.32. The summed E-state index contributed by atoms with van der Waals surface area (Å²) in [7, 11) is 1.55. The van der Waals surface area contributed by atoms with Crippen molar-refractivity contribution in [1.82, 2.24) is 15.1 Å². The molecule has 0 N–H and O–H groups in total. The van der Waals surface area contributed by atoms with Gasteiger partial charge in [-0.15, -0.1) is 10.2 Å². The lowest BCUT2D eigenvalue weighted by atomic mass is 9.87. The van der Waals surface area contributed by atoms with Crippen LogP contribution in [-0.4, -0.2) is 33.0 Å². The number of amides is 1. The fourth-order valence-electron chi connectivity index (χ4n) is 2.83. The van der Waals surface area contributed by atoms with Crippen LogP contribution in [0.4, 0.5) is 5.69 Å². The van der Waals surface area contributed by atoms with Crippen molar-refractivity contribution in [3.8, 4) is 11.5 Å². The lowest BCUT2D eigenvalue weighted by molar-refractivity contribution is -0.384. The van der Waals surface area contributed by atoms with E-state index >= 15 is 0 Å². The number of nitro groups is 1. The Bertz CT molecular complexity index is 1090. The molecule has 0 aliphatic carbocycles. The van der Waals surface area contributed by atoms with Crippen molar-refractivity contribution < 1.29 is 14.1 Å². The largest absolute Gasteiger partial charge is 0.419 e. The molecule has 0 atom stereocenters. The topological polar surface area (TPSA) is 102 Å². The maximum atomic E-state index is 12.6. The normalized spacial score (nSPS) is 11.4. The summed E-state index contributed by atoms with van der Waals surface area (Å²) in [6.07, 6.45) is 0. The van der Waals surface area contributed by atoms with Crippen LogP contribution in [-0.2, 0) is 12.0 Å². The molecule has 0 aliphatic heterocycles. The summed E-state index contributed by atoms with van der Waals surface area (Å²) in [6, 6.07) is 11.8. The van der Waals surface area contributed by atoms with Crippen LogP contribution in [0.2, 0.25) is 5.02 Å². The van der Waals surface area contributed by atoms with Gasteiger partial charge in [-0.1, -0.05) is 44.5 Å². The molecule has 8 nitrogen and oxygen atoms in total. The van der Waals surface area contributed by atoms with Crippen LogP contribution in [0.25, 0.3) is 11.5 Å². The van der Waals surface area contributed by atoms with Gasteiger partial charge < -0.3 is 9.32 Å². The SMILES string of the molecule is CN(Cc1nnc(-c2ccc(C(C)(C)C)cc2)o1)C(=O)c1ccc(Cl)c([N+](=O)[O-])c1. The van der Waals surface area contributed by atoms with Gasteiger partial charge in [0.05, 0.1) is 11.5 Å². The van der Waals surface area contributed by atoms with E-state index in [1.165, 1.54) is 22.6 Å². The number of nitro benzene ring substituents is 1. The van der Waals surface area contributed by atoms with Crippen LogP contribution in [0.1, 0.15) is 42.6 Å². The number of halogens is 1. The number of hydrogen-bond donors (Lipinski definition) is 0. The molecule has 0 fully saturated rings. The van der Waals surface area contributed by atoms with E-state index in [4.69, 9.17) is 16.0 Å². The molecule has 0 spiro atoms. The molecule has 2 aromatic carbocycles. The molecule has 1 amide bonds. The van der Waals surface area contributed by atoms with E-state index in [-0.39, 0.29) is 34.1 Å². The molecule has 0 saturated carbocycles. The van der Waals surface area contributed by atoms with Gasteiger partial charge >= 0.3 is 0 Å². The zero-order valence-corrected chi connectivity index (χ0v) is 17.8. The van der Waals surface area contributed by atoms with Crippen molar-refractivity contribution in [2.45, 2.75) is 32.7 Å². The summed E-state index contributed by atoms with van der Waals surface area (Å²) in [6.45, 7) is 6.46. The minimum atomic E-state index is -0.631. The molecule has 0 bridgehead atoms. The predicted molar refractivity (Wildman–Crippen MR) is 112 cm³/mol. The lowest BCUT2D eigenvalue weighted by Gasteiger charge is -2.18. The van der Waals surface area contributed by atoms with Crippen LogP contribution in [0, 0.1) is 10.1 Å². The van der Waals surface area contributed by atoms with E-state index < -0.39 is 10.8 Å². The zero-order chi connectivity index (χ0) is 22.1. The molecule has 3 aromatic rings. The molecule has 156 valence electrons. The van der Waals surface area contributed by atoms with Gasteiger partial charge in [0.1, 0.15) is 5.02 Å². The lowest BCUT2D eigenvalue weighted by Crippen LogP contribution is -2.26. The third-order valence-corrected chi connectivity index (χ3v) is 4.89. The number of carbonyl (C=O) groups excluding carboxylic acids is 1. The monoisotopic (exact) mass is 428 g/mol. The average molecular weight is 429 g/mol. The van der Waals surface area contributed by atoms with Gasteiger partial charge in [-0.3, -0.25) is 14.9 Å². The number of hydrogen-bond acceptors (Lipinski definition) is 6. The van der Waals surface area contributed by atoms with Crippen LogP contribution >= 0.6 is 11.6 Å². The first-order chi connectivity index (χ1) is 14.1. The zero-order valence-electron chi connectivity index (χ0n) is 17.0. The van der Waals surface area contributed by atoms with E-state index in [0.29, 0.717) is 5.89 Å². The molecule has 1 aromatic heterocycles. The summed E-state index contributed by atoms with van der Waals surface area (Å²) in [5.41, 5.74) is 1.83. The highest BCUT2D eigenvalue weighted by molar-refractivity contribution is 6.32. The number of aromatic nitrogens is 2. The van der Waals surface area contributed by atoms with Gasteiger partial charge in [0.25, 0.3) is 11.6 Å². The average Bonchev–Trinajstić information content (AvgIpc) is 3.15. The Morgan fingerprint density at radius 3 is 2.43 bits per heavy atom. The fourth-order valence-corrected chi connectivity index (χ4v) is 3.01.